The average molecular weight is 313 g/mol. The van der Waals surface area contributed by atoms with Gasteiger partial charge < -0.3 is 10.1 Å². The maximum absolute atomic E-state index is 13.3. The van der Waals surface area contributed by atoms with Crippen LogP contribution in [-0.2, 0) is 0 Å². The molecular weight excluding hydrogens is 286 g/mol. The summed E-state index contributed by atoms with van der Waals surface area (Å²) in [5.74, 6) is 0. The van der Waals surface area contributed by atoms with Gasteiger partial charge in [0.15, 0.2) is 12.0 Å². The highest BCUT2D eigenvalue weighted by Gasteiger charge is 2.43. The van der Waals surface area contributed by atoms with Crippen LogP contribution in [0.15, 0.2) is 41.5 Å². The Hall–Kier alpha value is -1.65. The van der Waals surface area contributed by atoms with E-state index in [9.17, 15) is 5.21 Å². The number of hydroxylamine groups is 2. The topological polar surface area (TPSA) is 38.7 Å². The molecule has 0 N–H and O–H groups in total. The van der Waals surface area contributed by atoms with Crippen LogP contribution < -0.4 is 4.65 Å². The molecule has 0 amide bonds. The molecule has 0 spiro atoms. The number of aliphatic imine (C=N–C) groups is 1. The summed E-state index contributed by atoms with van der Waals surface area (Å²) in [5.41, 5.74) is 2.43. The molecule has 1 unspecified atom stereocenters. The highest BCUT2D eigenvalue weighted by molar-refractivity contribution is 5.89. The van der Waals surface area contributed by atoms with E-state index in [-0.39, 0.29) is 11.1 Å². The van der Waals surface area contributed by atoms with Crippen LogP contribution in [0, 0.1) is 5.21 Å². The van der Waals surface area contributed by atoms with Gasteiger partial charge in [0, 0.05) is 17.1 Å². The van der Waals surface area contributed by atoms with Crippen LogP contribution in [0.2, 0.25) is 0 Å². The highest BCUT2D eigenvalue weighted by Crippen LogP contribution is 2.43. The molecule has 4 heteroatoms. The fourth-order valence-electron chi connectivity index (χ4n) is 4.43. The lowest BCUT2D eigenvalue weighted by Gasteiger charge is -2.56. The number of benzene rings is 1. The van der Waals surface area contributed by atoms with E-state index in [0.717, 1.165) is 24.2 Å². The molecule has 1 saturated heterocycles. The number of quaternary nitrogens is 1. The second-order valence-electron chi connectivity index (χ2n) is 8.07. The van der Waals surface area contributed by atoms with Crippen LogP contribution in [0.4, 0.5) is 11.4 Å². The van der Waals surface area contributed by atoms with Gasteiger partial charge in [-0.25, -0.2) is 0 Å². The summed E-state index contributed by atoms with van der Waals surface area (Å²) < 4.78 is -0.544. The predicted molar refractivity (Wildman–Crippen MR) is 97.6 cm³/mol. The number of hydrogen-bond acceptors (Lipinski definition) is 3. The van der Waals surface area contributed by atoms with Crippen LogP contribution in [0.1, 0.15) is 47.0 Å². The van der Waals surface area contributed by atoms with Crippen molar-refractivity contribution in [1.82, 2.24) is 9.55 Å². The maximum Gasteiger partial charge on any atom is 0.196 e. The van der Waals surface area contributed by atoms with Gasteiger partial charge >= 0.3 is 0 Å². The summed E-state index contributed by atoms with van der Waals surface area (Å²) in [4.78, 5) is 6.67. The molecule has 3 rings (SSSR count). The van der Waals surface area contributed by atoms with Crippen molar-refractivity contribution in [3.63, 3.8) is 0 Å². The average Bonchev–Trinajstić information content (AvgIpc) is 2.74. The molecule has 1 fully saturated rings. The molecule has 0 bridgehead atoms. The largest absolute Gasteiger partial charge is 0.621 e. The molecule has 124 valence electrons. The summed E-state index contributed by atoms with van der Waals surface area (Å²) in [5, 5.41) is 13.3. The third kappa shape index (κ3) is 2.70. The normalized spacial score (nSPS) is 27.8. The summed E-state index contributed by atoms with van der Waals surface area (Å²) in [6, 6.07) is 7.57. The zero-order valence-electron chi connectivity index (χ0n) is 14.7. The lowest BCUT2D eigenvalue weighted by Crippen LogP contribution is -2.59. The van der Waals surface area contributed by atoms with Gasteiger partial charge in [-0.3, -0.25) is 4.65 Å². The molecule has 23 heavy (non-hydrogen) atoms. The van der Waals surface area contributed by atoms with Gasteiger partial charge in [-0.1, -0.05) is 18.7 Å². The molecule has 4 nitrogen and oxygen atoms in total. The third-order valence-corrected chi connectivity index (χ3v) is 5.19. The minimum atomic E-state index is -0.544. The van der Waals surface area contributed by atoms with E-state index < -0.39 is 4.65 Å². The van der Waals surface area contributed by atoms with E-state index in [4.69, 9.17) is 0 Å². The van der Waals surface area contributed by atoms with Gasteiger partial charge in [-0.05, 0) is 53.0 Å². The lowest BCUT2D eigenvalue weighted by atomic mass is 9.79. The highest BCUT2D eigenvalue weighted by atomic mass is 16.5. The van der Waals surface area contributed by atoms with Gasteiger partial charge in [0.25, 0.3) is 0 Å². The van der Waals surface area contributed by atoms with Crippen molar-refractivity contribution in [3.05, 3.63) is 41.7 Å². The van der Waals surface area contributed by atoms with E-state index in [1.54, 1.807) is 0 Å². The predicted octanol–water partition coefficient (Wildman–Crippen LogP) is 4.72. The molecule has 0 aliphatic carbocycles. The first kappa shape index (κ1) is 16.2. The van der Waals surface area contributed by atoms with Crippen LogP contribution in [-0.4, -0.2) is 28.9 Å². The Bertz CT molecular complexity index is 646. The van der Waals surface area contributed by atoms with E-state index in [1.807, 2.05) is 24.3 Å². The lowest BCUT2D eigenvalue weighted by molar-refractivity contribution is 0.00316. The number of para-hydroxylation sites is 2. The summed E-state index contributed by atoms with van der Waals surface area (Å²) in [6.07, 6.45) is 4.96. The SMILES string of the molecule is C=C(C[N+]1([O-])C=Nc2ccccc21)N1C(C)(C)CCCC1(C)C. The number of likely N-dealkylation sites (tertiary alicyclic amines) is 1. The Morgan fingerprint density at radius 2 is 1.83 bits per heavy atom. The van der Waals surface area contributed by atoms with Crippen LogP contribution in [0.25, 0.3) is 0 Å². The van der Waals surface area contributed by atoms with Gasteiger partial charge in [0.1, 0.15) is 12.2 Å². The number of nitrogens with zero attached hydrogens (tertiary/aromatic N) is 3. The monoisotopic (exact) mass is 313 g/mol. The number of fused-ring (bicyclic) bond motifs is 1. The van der Waals surface area contributed by atoms with Crippen molar-refractivity contribution in [3.8, 4) is 0 Å². The molecule has 2 aliphatic heterocycles. The minimum absolute atomic E-state index is 0.0222. The quantitative estimate of drug-likeness (QED) is 0.598. The molecule has 0 aromatic heterocycles. The second kappa shape index (κ2) is 5.18. The first-order valence-corrected chi connectivity index (χ1v) is 8.37. The van der Waals surface area contributed by atoms with Crippen molar-refractivity contribution in [2.45, 2.75) is 58.0 Å². The Kier molecular flexibility index (Phi) is 3.65. The van der Waals surface area contributed by atoms with E-state index in [1.165, 1.54) is 12.8 Å². The van der Waals surface area contributed by atoms with Crippen LogP contribution in [0.3, 0.4) is 0 Å². The molecule has 0 radical (unpaired) electrons. The van der Waals surface area contributed by atoms with Gasteiger partial charge in [-0.2, -0.15) is 4.99 Å². The summed E-state index contributed by atoms with van der Waals surface area (Å²) >= 11 is 0. The smallest absolute Gasteiger partial charge is 0.196 e. The standard InChI is InChI=1S/C19H27N3O/c1-15(21-18(2,3)11-8-12-19(21,4)5)13-22(23)14-20-16-9-6-7-10-17(16)22/h6-7,9-10,14H,1,8,11-13H2,2-5H3. The summed E-state index contributed by atoms with van der Waals surface area (Å²) in [6.45, 7) is 13.6. The minimum Gasteiger partial charge on any atom is -0.621 e. The van der Waals surface area contributed by atoms with E-state index in [0.29, 0.717) is 12.2 Å². The van der Waals surface area contributed by atoms with Crippen molar-refractivity contribution in [2.24, 2.45) is 4.99 Å². The first-order valence-electron chi connectivity index (χ1n) is 8.37. The van der Waals surface area contributed by atoms with Gasteiger partial charge in [0.05, 0.1) is 5.70 Å². The number of piperidine rings is 1. The van der Waals surface area contributed by atoms with Crippen molar-refractivity contribution < 1.29 is 0 Å². The molecule has 1 atom stereocenters. The van der Waals surface area contributed by atoms with Gasteiger partial charge in [-0.15, -0.1) is 0 Å². The number of rotatable bonds is 3. The molecule has 0 saturated carbocycles. The molecule has 2 aliphatic rings. The zero-order chi connectivity index (χ0) is 16.9. The summed E-state index contributed by atoms with van der Waals surface area (Å²) in [7, 11) is 0. The molecule has 1 aromatic rings. The van der Waals surface area contributed by atoms with Crippen molar-refractivity contribution in [2.75, 3.05) is 6.54 Å². The van der Waals surface area contributed by atoms with Gasteiger partial charge in [0.2, 0.25) is 0 Å². The number of hydrogen-bond donors (Lipinski definition) is 0. The van der Waals surface area contributed by atoms with E-state index in [2.05, 4.69) is 44.2 Å². The van der Waals surface area contributed by atoms with Crippen LogP contribution in [0.5, 0.6) is 0 Å². The Morgan fingerprint density at radius 3 is 2.48 bits per heavy atom. The maximum atomic E-state index is 13.3. The first-order chi connectivity index (χ1) is 10.7. The second-order valence-corrected chi connectivity index (χ2v) is 8.07. The molecule has 1 aromatic carbocycles. The fraction of sp³-hybridized carbons (Fsp3) is 0.526. The molecular formula is C19H27N3O. The molecule has 2 heterocycles. The Morgan fingerprint density at radius 1 is 1.22 bits per heavy atom. The Labute approximate surface area is 139 Å². The fourth-order valence-corrected chi connectivity index (χ4v) is 4.43. The van der Waals surface area contributed by atoms with Crippen molar-refractivity contribution in [1.29, 1.82) is 0 Å². The van der Waals surface area contributed by atoms with Crippen molar-refractivity contribution >= 4 is 17.7 Å². The van der Waals surface area contributed by atoms with Crippen LogP contribution >= 0.6 is 0 Å². The third-order valence-electron chi connectivity index (χ3n) is 5.19. The van der Waals surface area contributed by atoms with E-state index >= 15 is 0 Å². The zero-order valence-corrected chi connectivity index (χ0v) is 14.7. The Balaban J connectivity index is 1.89.